The number of amides is 2. The highest BCUT2D eigenvalue weighted by molar-refractivity contribution is 7.92. The molecule has 2 N–H and O–H groups in total. The maximum absolute atomic E-state index is 12.3. The number of hydrogen-bond donors (Lipinski definition) is 2. The van der Waals surface area contributed by atoms with E-state index in [2.05, 4.69) is 10.6 Å². The molecule has 0 unspecified atom stereocenters. The summed E-state index contributed by atoms with van der Waals surface area (Å²) in [5.74, 6) is -1.19. The molecule has 1 heterocycles. The van der Waals surface area contributed by atoms with Crippen molar-refractivity contribution in [2.24, 2.45) is 0 Å². The van der Waals surface area contributed by atoms with E-state index in [0.717, 1.165) is 12.0 Å². The molecule has 0 bridgehead atoms. The first kappa shape index (κ1) is 20.7. The van der Waals surface area contributed by atoms with Crippen LogP contribution >= 0.6 is 0 Å². The molecule has 2 amide bonds. The van der Waals surface area contributed by atoms with Crippen LogP contribution in [0.1, 0.15) is 18.4 Å². The van der Waals surface area contributed by atoms with Gasteiger partial charge in [-0.05, 0) is 30.5 Å². The van der Waals surface area contributed by atoms with Gasteiger partial charge in [-0.25, -0.2) is 8.42 Å². The lowest BCUT2D eigenvalue weighted by Gasteiger charge is -2.29. The van der Waals surface area contributed by atoms with E-state index >= 15 is 0 Å². The van der Waals surface area contributed by atoms with E-state index in [4.69, 9.17) is 4.74 Å². The minimum atomic E-state index is -3.39. The van der Waals surface area contributed by atoms with Gasteiger partial charge < -0.3 is 15.4 Å². The minimum absolute atomic E-state index is 0.0935. The molecule has 9 heteroatoms. The molecular formula is C20H23N3O5S. The number of ether oxygens (including phenoxy) is 1. The monoisotopic (exact) mass is 417 g/mol. The normalized spacial score (nSPS) is 15.4. The lowest BCUT2D eigenvalue weighted by Crippen LogP contribution is -2.38. The van der Waals surface area contributed by atoms with Crippen LogP contribution in [-0.2, 0) is 26.2 Å². The number of carbonyl (C=O) groups excluding carboxylic acids is 2. The first-order valence-corrected chi connectivity index (χ1v) is 10.8. The van der Waals surface area contributed by atoms with Crippen LogP contribution in [0.4, 0.5) is 11.4 Å². The van der Waals surface area contributed by atoms with E-state index in [9.17, 15) is 18.0 Å². The second-order valence-electron chi connectivity index (χ2n) is 6.60. The number of carbonyl (C=O) groups is 2. The summed E-state index contributed by atoms with van der Waals surface area (Å²) in [5.41, 5.74) is 1.63. The largest absolute Gasteiger partial charge is 0.494 e. The molecule has 8 nitrogen and oxygen atoms in total. The Morgan fingerprint density at radius 1 is 1.07 bits per heavy atom. The third-order valence-corrected chi connectivity index (χ3v) is 6.41. The standard InChI is InChI=1S/C20H23N3O5S/c1-28-18-13-16(9-10-17(18)23-11-5-6-12-29(23,26)27)22-20(25)19(24)21-14-15-7-3-2-4-8-15/h2-4,7-10,13H,5-6,11-12,14H2,1H3,(H,21,24)(H,22,25). The molecule has 154 valence electrons. The SMILES string of the molecule is COc1cc(NC(=O)C(=O)NCc2ccccc2)ccc1N1CCCCS1(=O)=O. The number of anilines is 2. The highest BCUT2D eigenvalue weighted by Gasteiger charge is 2.28. The summed E-state index contributed by atoms with van der Waals surface area (Å²) in [5, 5.41) is 5.06. The van der Waals surface area contributed by atoms with Crippen LogP contribution in [0.2, 0.25) is 0 Å². The quantitative estimate of drug-likeness (QED) is 0.723. The highest BCUT2D eigenvalue weighted by atomic mass is 32.2. The fraction of sp³-hybridized carbons (Fsp3) is 0.300. The van der Waals surface area contributed by atoms with Gasteiger partial charge in [-0.1, -0.05) is 30.3 Å². The Morgan fingerprint density at radius 3 is 2.52 bits per heavy atom. The van der Waals surface area contributed by atoms with Crippen molar-refractivity contribution in [1.82, 2.24) is 5.32 Å². The number of benzene rings is 2. The molecule has 0 atom stereocenters. The number of sulfonamides is 1. The zero-order valence-electron chi connectivity index (χ0n) is 16.1. The van der Waals surface area contributed by atoms with Crippen LogP contribution in [0.5, 0.6) is 5.75 Å². The molecule has 1 aliphatic rings. The zero-order chi connectivity index (χ0) is 20.9. The lowest BCUT2D eigenvalue weighted by molar-refractivity contribution is -0.136. The average Bonchev–Trinajstić information content (AvgIpc) is 2.72. The summed E-state index contributed by atoms with van der Waals surface area (Å²) < 4.78 is 31.3. The van der Waals surface area contributed by atoms with Crippen LogP contribution in [0.3, 0.4) is 0 Å². The van der Waals surface area contributed by atoms with Crippen molar-refractivity contribution in [1.29, 1.82) is 0 Å². The molecular weight excluding hydrogens is 394 g/mol. The third-order valence-electron chi connectivity index (χ3n) is 4.56. The Morgan fingerprint density at radius 2 is 1.83 bits per heavy atom. The van der Waals surface area contributed by atoms with Gasteiger partial charge in [-0.3, -0.25) is 13.9 Å². The predicted octanol–water partition coefficient (Wildman–Crippen LogP) is 1.88. The Labute approximate surface area is 169 Å². The van der Waals surface area contributed by atoms with Crippen molar-refractivity contribution < 1.29 is 22.7 Å². The molecule has 1 saturated heterocycles. The molecule has 0 aliphatic carbocycles. The summed E-state index contributed by atoms with van der Waals surface area (Å²) in [6, 6.07) is 13.9. The van der Waals surface area contributed by atoms with Crippen LogP contribution in [0.25, 0.3) is 0 Å². The van der Waals surface area contributed by atoms with Crippen molar-refractivity contribution in [3.63, 3.8) is 0 Å². The van der Waals surface area contributed by atoms with E-state index in [-0.39, 0.29) is 12.3 Å². The van der Waals surface area contributed by atoms with Gasteiger partial charge in [-0.2, -0.15) is 0 Å². The van der Waals surface area contributed by atoms with Gasteiger partial charge in [0.25, 0.3) is 0 Å². The van der Waals surface area contributed by atoms with Crippen LogP contribution < -0.4 is 19.7 Å². The second-order valence-corrected chi connectivity index (χ2v) is 8.62. The van der Waals surface area contributed by atoms with Crippen LogP contribution in [-0.4, -0.2) is 39.6 Å². The fourth-order valence-electron chi connectivity index (χ4n) is 3.07. The number of methoxy groups -OCH3 is 1. The maximum Gasteiger partial charge on any atom is 0.313 e. The molecule has 0 aromatic heterocycles. The van der Waals surface area contributed by atoms with E-state index < -0.39 is 21.8 Å². The molecule has 29 heavy (non-hydrogen) atoms. The Balaban J connectivity index is 1.68. The van der Waals surface area contributed by atoms with Crippen molar-refractivity contribution >= 4 is 33.2 Å². The molecule has 3 rings (SSSR count). The molecule has 1 fully saturated rings. The van der Waals surface area contributed by atoms with E-state index in [1.54, 1.807) is 12.1 Å². The zero-order valence-corrected chi connectivity index (χ0v) is 16.9. The van der Waals surface area contributed by atoms with Crippen LogP contribution in [0, 0.1) is 0 Å². The Kier molecular flexibility index (Phi) is 6.38. The summed E-state index contributed by atoms with van der Waals surface area (Å²) in [4.78, 5) is 24.2. The lowest BCUT2D eigenvalue weighted by atomic mass is 10.2. The highest BCUT2D eigenvalue weighted by Crippen LogP contribution is 2.34. The minimum Gasteiger partial charge on any atom is -0.494 e. The fourth-order valence-corrected chi connectivity index (χ4v) is 4.71. The van der Waals surface area contributed by atoms with Crippen molar-refractivity contribution in [2.45, 2.75) is 19.4 Å². The van der Waals surface area contributed by atoms with Crippen molar-refractivity contribution in [3.8, 4) is 5.75 Å². The number of rotatable bonds is 5. The smallest absolute Gasteiger partial charge is 0.313 e. The molecule has 0 radical (unpaired) electrons. The summed E-state index contributed by atoms with van der Waals surface area (Å²) >= 11 is 0. The average molecular weight is 417 g/mol. The third kappa shape index (κ3) is 5.05. The van der Waals surface area contributed by atoms with Gasteiger partial charge in [0.2, 0.25) is 10.0 Å². The summed E-state index contributed by atoms with van der Waals surface area (Å²) in [7, 11) is -1.97. The van der Waals surface area contributed by atoms with Gasteiger partial charge in [0, 0.05) is 24.8 Å². The first-order chi connectivity index (χ1) is 13.9. The van der Waals surface area contributed by atoms with E-state index in [1.165, 1.54) is 17.5 Å². The first-order valence-electron chi connectivity index (χ1n) is 9.22. The van der Waals surface area contributed by atoms with Gasteiger partial charge >= 0.3 is 11.8 Å². The predicted molar refractivity (Wildman–Crippen MR) is 110 cm³/mol. The molecule has 1 aliphatic heterocycles. The Hall–Kier alpha value is -3.07. The van der Waals surface area contributed by atoms with Gasteiger partial charge in [0.15, 0.2) is 0 Å². The van der Waals surface area contributed by atoms with Crippen molar-refractivity contribution in [2.75, 3.05) is 29.0 Å². The molecule has 0 saturated carbocycles. The van der Waals surface area contributed by atoms with E-state index in [1.807, 2.05) is 30.3 Å². The maximum atomic E-state index is 12.3. The number of hydrogen-bond acceptors (Lipinski definition) is 5. The Bertz CT molecular complexity index is 992. The van der Waals surface area contributed by atoms with Crippen molar-refractivity contribution in [3.05, 3.63) is 54.1 Å². The molecule has 2 aromatic rings. The van der Waals surface area contributed by atoms with Gasteiger partial charge in [0.05, 0.1) is 18.6 Å². The number of nitrogens with one attached hydrogen (secondary N) is 2. The second kappa shape index (κ2) is 8.95. The summed E-state index contributed by atoms with van der Waals surface area (Å²) in [6.07, 6.45) is 1.40. The van der Waals surface area contributed by atoms with E-state index in [0.29, 0.717) is 30.1 Å². The molecule has 0 spiro atoms. The van der Waals surface area contributed by atoms with Crippen LogP contribution in [0.15, 0.2) is 48.5 Å². The topological polar surface area (TPSA) is 105 Å². The van der Waals surface area contributed by atoms with Gasteiger partial charge in [0.1, 0.15) is 5.75 Å². The molecule has 2 aromatic carbocycles. The van der Waals surface area contributed by atoms with Gasteiger partial charge in [-0.15, -0.1) is 0 Å². The number of nitrogens with zero attached hydrogens (tertiary/aromatic N) is 1. The summed E-state index contributed by atoms with van der Waals surface area (Å²) in [6.45, 7) is 0.620.